The van der Waals surface area contributed by atoms with Gasteiger partial charge in [-0.2, -0.15) is 0 Å². The van der Waals surface area contributed by atoms with E-state index in [9.17, 15) is 0 Å². The summed E-state index contributed by atoms with van der Waals surface area (Å²) in [5, 5.41) is 0. The molecule has 0 fully saturated rings. The number of rotatable bonds is 9. The normalized spacial score (nSPS) is 15.8. The minimum absolute atomic E-state index is 0.269. The van der Waals surface area contributed by atoms with Crippen LogP contribution in [0.2, 0.25) is 39.3 Å². The Morgan fingerprint density at radius 1 is 0.800 bits per heavy atom. The molecular weight excluding hydrogens is 302 g/mol. The van der Waals surface area contributed by atoms with Crippen LogP contribution < -0.4 is 0 Å². The molecule has 0 amide bonds. The van der Waals surface area contributed by atoms with Crippen LogP contribution in [-0.4, -0.2) is 56.5 Å². The Kier molecular flexibility index (Phi) is 7.85. The summed E-state index contributed by atoms with van der Waals surface area (Å²) in [5.74, 6) is 0. The van der Waals surface area contributed by atoms with Gasteiger partial charge >= 0.3 is 8.80 Å². The van der Waals surface area contributed by atoms with Crippen LogP contribution in [0.1, 0.15) is 19.8 Å². The molecule has 0 bridgehead atoms. The maximum absolute atomic E-state index is 5.82. The minimum Gasteiger partial charge on any atom is -0.376 e. The fourth-order valence-electron chi connectivity index (χ4n) is 3.34. The highest BCUT2D eigenvalue weighted by atomic mass is 28.4. The SMILES string of the molecule is CCCC(N([Si](C)(C)C)[Si](C)(C)C)[Si](OC)(OC)OC. The van der Waals surface area contributed by atoms with Gasteiger partial charge in [0.1, 0.15) is 16.5 Å². The third-order valence-electron chi connectivity index (χ3n) is 3.58. The van der Waals surface area contributed by atoms with Crippen LogP contribution in [0.4, 0.5) is 0 Å². The van der Waals surface area contributed by atoms with Crippen LogP contribution in [0.3, 0.4) is 0 Å². The largest absolute Gasteiger partial charge is 0.516 e. The highest BCUT2D eigenvalue weighted by Crippen LogP contribution is 2.31. The molecule has 0 aliphatic rings. The van der Waals surface area contributed by atoms with Gasteiger partial charge in [0.25, 0.3) is 0 Å². The molecule has 0 heterocycles. The van der Waals surface area contributed by atoms with E-state index in [1.54, 1.807) is 21.3 Å². The van der Waals surface area contributed by atoms with E-state index in [1.807, 2.05) is 0 Å². The van der Waals surface area contributed by atoms with Gasteiger partial charge in [-0.15, -0.1) is 0 Å². The molecule has 0 aromatic heterocycles. The molecule has 0 rings (SSSR count). The lowest BCUT2D eigenvalue weighted by molar-refractivity contribution is 0.0984. The number of nitrogens with zero attached hydrogens (tertiary/aromatic N) is 1. The van der Waals surface area contributed by atoms with Crippen molar-refractivity contribution in [3.8, 4) is 0 Å². The van der Waals surface area contributed by atoms with Gasteiger partial charge in [-0.25, -0.2) is 0 Å². The molecule has 4 nitrogen and oxygen atoms in total. The van der Waals surface area contributed by atoms with Crippen molar-refractivity contribution >= 4 is 25.3 Å². The monoisotopic (exact) mass is 337 g/mol. The zero-order valence-corrected chi connectivity index (χ0v) is 18.2. The lowest BCUT2D eigenvalue weighted by Gasteiger charge is -2.51. The molecule has 0 aromatic carbocycles. The number of hydrogen-bond donors (Lipinski definition) is 0. The first-order chi connectivity index (χ1) is 9.00. The Hall–Kier alpha value is 0.491. The van der Waals surface area contributed by atoms with Gasteiger partial charge in [0.15, 0.2) is 0 Å². The van der Waals surface area contributed by atoms with E-state index in [0.29, 0.717) is 0 Å². The molecule has 0 aromatic rings. The first-order valence-electron chi connectivity index (χ1n) is 7.45. The van der Waals surface area contributed by atoms with Crippen LogP contribution in [0.15, 0.2) is 0 Å². The van der Waals surface area contributed by atoms with Crippen molar-refractivity contribution in [3.05, 3.63) is 0 Å². The Labute approximate surface area is 129 Å². The fourth-order valence-corrected chi connectivity index (χ4v) is 19.1. The summed E-state index contributed by atoms with van der Waals surface area (Å²) in [7, 11) is -0.446. The van der Waals surface area contributed by atoms with Crippen LogP contribution in [0.25, 0.3) is 0 Å². The van der Waals surface area contributed by atoms with Crippen LogP contribution in [-0.2, 0) is 13.3 Å². The second-order valence-corrected chi connectivity index (χ2v) is 20.4. The molecule has 1 atom stereocenters. The van der Waals surface area contributed by atoms with E-state index in [4.69, 9.17) is 13.3 Å². The third kappa shape index (κ3) is 4.76. The third-order valence-corrected chi connectivity index (χ3v) is 14.7. The van der Waals surface area contributed by atoms with E-state index >= 15 is 0 Å². The molecule has 0 radical (unpaired) electrons. The molecule has 1 unspecified atom stereocenters. The van der Waals surface area contributed by atoms with Gasteiger partial charge in [-0.05, 0) is 6.42 Å². The second kappa shape index (κ2) is 7.66. The van der Waals surface area contributed by atoms with Crippen molar-refractivity contribution in [2.75, 3.05) is 21.3 Å². The predicted octanol–water partition coefficient (Wildman–Crippen LogP) is 3.54. The first kappa shape index (κ1) is 20.5. The lowest BCUT2D eigenvalue weighted by Crippen LogP contribution is -2.72. The van der Waals surface area contributed by atoms with E-state index in [2.05, 4.69) is 50.4 Å². The lowest BCUT2D eigenvalue weighted by atomic mass is 10.3. The highest BCUT2D eigenvalue weighted by Gasteiger charge is 2.54. The van der Waals surface area contributed by atoms with Crippen LogP contribution >= 0.6 is 0 Å². The molecule has 0 aliphatic heterocycles. The predicted molar refractivity (Wildman–Crippen MR) is 94.0 cm³/mol. The molecule has 0 saturated carbocycles. The molecule has 20 heavy (non-hydrogen) atoms. The van der Waals surface area contributed by atoms with Crippen molar-refractivity contribution in [1.82, 2.24) is 4.23 Å². The van der Waals surface area contributed by atoms with E-state index in [1.165, 1.54) is 0 Å². The van der Waals surface area contributed by atoms with Gasteiger partial charge in [-0.1, -0.05) is 52.6 Å². The Balaban J connectivity index is 5.84. The average Bonchev–Trinajstić information content (AvgIpc) is 2.28. The van der Waals surface area contributed by atoms with Gasteiger partial charge < -0.3 is 17.5 Å². The molecule has 0 saturated heterocycles. The van der Waals surface area contributed by atoms with Crippen molar-refractivity contribution in [3.63, 3.8) is 0 Å². The molecular formula is C13H35NO3Si3. The van der Waals surface area contributed by atoms with Gasteiger partial charge in [0, 0.05) is 21.3 Å². The standard InChI is InChI=1S/C13H35NO3Si3/c1-11-12-13(20(15-2,16-3)17-4)14(18(5,6)7)19(8,9)10/h13H,11-12H2,1-10H3. The maximum Gasteiger partial charge on any atom is 0.516 e. The van der Waals surface area contributed by atoms with Gasteiger partial charge in [-0.3, -0.25) is 0 Å². The Bertz CT molecular complexity index is 263. The average molecular weight is 338 g/mol. The van der Waals surface area contributed by atoms with Crippen molar-refractivity contribution < 1.29 is 13.3 Å². The van der Waals surface area contributed by atoms with E-state index in [-0.39, 0.29) is 5.67 Å². The van der Waals surface area contributed by atoms with Crippen molar-refractivity contribution in [2.45, 2.75) is 64.7 Å². The summed E-state index contributed by atoms with van der Waals surface area (Å²) in [6, 6.07) is 0. The van der Waals surface area contributed by atoms with Crippen molar-refractivity contribution in [2.24, 2.45) is 0 Å². The zero-order chi connectivity index (χ0) is 16.2. The minimum atomic E-state index is -2.66. The number of hydrogen-bond acceptors (Lipinski definition) is 4. The fraction of sp³-hybridized carbons (Fsp3) is 1.00. The summed E-state index contributed by atoms with van der Waals surface area (Å²) < 4.78 is 20.2. The molecule has 122 valence electrons. The molecule has 0 N–H and O–H groups in total. The van der Waals surface area contributed by atoms with E-state index < -0.39 is 25.3 Å². The summed E-state index contributed by atoms with van der Waals surface area (Å²) in [4.78, 5) is 0. The topological polar surface area (TPSA) is 30.9 Å². The Morgan fingerprint density at radius 3 is 1.35 bits per heavy atom. The van der Waals surface area contributed by atoms with Crippen LogP contribution in [0, 0.1) is 0 Å². The van der Waals surface area contributed by atoms with E-state index in [0.717, 1.165) is 12.8 Å². The summed E-state index contributed by atoms with van der Waals surface area (Å²) in [5.41, 5.74) is 0.269. The van der Waals surface area contributed by atoms with Gasteiger partial charge in [0.05, 0.1) is 5.67 Å². The van der Waals surface area contributed by atoms with Gasteiger partial charge in [0.2, 0.25) is 0 Å². The molecule has 0 aliphatic carbocycles. The quantitative estimate of drug-likeness (QED) is 0.602. The summed E-state index contributed by atoms with van der Waals surface area (Å²) >= 11 is 0. The first-order valence-corrected chi connectivity index (χ1v) is 16.1. The molecule has 7 heteroatoms. The maximum atomic E-state index is 5.82. The van der Waals surface area contributed by atoms with Crippen molar-refractivity contribution in [1.29, 1.82) is 0 Å². The summed E-state index contributed by atoms with van der Waals surface area (Å²) in [6.07, 6.45) is 2.18. The zero-order valence-electron chi connectivity index (χ0n) is 15.2. The smallest absolute Gasteiger partial charge is 0.376 e. The summed E-state index contributed by atoms with van der Waals surface area (Å²) in [6.45, 7) is 16.7. The van der Waals surface area contributed by atoms with Crippen LogP contribution in [0.5, 0.6) is 0 Å². The Morgan fingerprint density at radius 2 is 1.15 bits per heavy atom. The second-order valence-electron chi connectivity index (χ2n) is 7.23. The highest BCUT2D eigenvalue weighted by molar-refractivity contribution is 6.90. The molecule has 0 spiro atoms.